The van der Waals surface area contributed by atoms with Gasteiger partial charge in [-0.3, -0.25) is 14.4 Å². The van der Waals surface area contributed by atoms with Crippen LogP contribution in [-0.4, -0.2) is 24.1 Å². The molecule has 1 fully saturated rings. The molecule has 0 bridgehead atoms. The molecule has 1 heterocycles. The number of ketones is 2. The van der Waals surface area contributed by atoms with Crippen molar-refractivity contribution in [3.05, 3.63) is 23.8 Å². The predicted octanol–water partition coefficient (Wildman–Crippen LogP) is 2.60. The standard InChI is InChI=1S/C17H19NO4/c1-10-2-4-14(19)12(6-10)8-15(20)11-3-5-16-13(7-11)18-17(21)9-22-16/h3,5,7,10,12H,2,4,6,8-9H2,1H3,(H,18,21). The van der Waals surface area contributed by atoms with Crippen molar-refractivity contribution in [2.75, 3.05) is 11.9 Å². The molecule has 1 amide bonds. The number of carbonyl (C=O) groups is 3. The van der Waals surface area contributed by atoms with E-state index in [0.29, 0.717) is 29.3 Å². The van der Waals surface area contributed by atoms with Gasteiger partial charge in [-0.05, 0) is 37.0 Å². The van der Waals surface area contributed by atoms with Crippen molar-refractivity contribution in [1.82, 2.24) is 0 Å². The van der Waals surface area contributed by atoms with Crippen molar-refractivity contribution in [1.29, 1.82) is 0 Å². The van der Waals surface area contributed by atoms with Gasteiger partial charge in [0.25, 0.3) is 5.91 Å². The second-order valence-electron chi connectivity index (χ2n) is 6.22. The van der Waals surface area contributed by atoms with Gasteiger partial charge in [0.05, 0.1) is 5.69 Å². The summed E-state index contributed by atoms with van der Waals surface area (Å²) >= 11 is 0. The molecule has 22 heavy (non-hydrogen) atoms. The van der Waals surface area contributed by atoms with Gasteiger partial charge in [0, 0.05) is 24.3 Å². The van der Waals surface area contributed by atoms with E-state index in [1.54, 1.807) is 18.2 Å². The Morgan fingerprint density at radius 3 is 3.00 bits per heavy atom. The third kappa shape index (κ3) is 3.03. The van der Waals surface area contributed by atoms with Crippen LogP contribution in [0.3, 0.4) is 0 Å². The summed E-state index contributed by atoms with van der Waals surface area (Å²) in [4.78, 5) is 35.7. The maximum Gasteiger partial charge on any atom is 0.262 e. The van der Waals surface area contributed by atoms with Gasteiger partial charge in [-0.25, -0.2) is 0 Å². The van der Waals surface area contributed by atoms with Crippen LogP contribution in [-0.2, 0) is 9.59 Å². The molecular weight excluding hydrogens is 282 g/mol. The molecule has 2 unspecified atom stereocenters. The normalized spacial score (nSPS) is 24.2. The minimum Gasteiger partial charge on any atom is -0.482 e. The van der Waals surface area contributed by atoms with Gasteiger partial charge >= 0.3 is 0 Å². The van der Waals surface area contributed by atoms with Crippen LogP contribution in [0, 0.1) is 11.8 Å². The molecule has 1 N–H and O–H groups in total. The fourth-order valence-electron chi connectivity index (χ4n) is 3.12. The maximum atomic E-state index is 12.4. The summed E-state index contributed by atoms with van der Waals surface area (Å²) in [5.41, 5.74) is 1.03. The van der Waals surface area contributed by atoms with Crippen molar-refractivity contribution < 1.29 is 19.1 Å². The average molecular weight is 301 g/mol. The molecule has 2 aliphatic rings. The van der Waals surface area contributed by atoms with Gasteiger partial charge in [-0.2, -0.15) is 0 Å². The fraction of sp³-hybridized carbons (Fsp3) is 0.471. The third-order valence-electron chi connectivity index (χ3n) is 4.39. The van der Waals surface area contributed by atoms with E-state index in [0.717, 1.165) is 12.8 Å². The highest BCUT2D eigenvalue weighted by atomic mass is 16.5. The number of Topliss-reactive ketones (excluding diaryl/α,β-unsaturated/α-hetero) is 2. The van der Waals surface area contributed by atoms with E-state index in [4.69, 9.17) is 4.74 Å². The monoisotopic (exact) mass is 301 g/mol. The van der Waals surface area contributed by atoms with Crippen LogP contribution in [0.2, 0.25) is 0 Å². The number of fused-ring (bicyclic) bond motifs is 1. The Labute approximate surface area is 129 Å². The molecule has 116 valence electrons. The Morgan fingerprint density at radius 2 is 2.18 bits per heavy atom. The fourth-order valence-corrected chi connectivity index (χ4v) is 3.12. The predicted molar refractivity (Wildman–Crippen MR) is 81.0 cm³/mol. The van der Waals surface area contributed by atoms with E-state index >= 15 is 0 Å². The van der Waals surface area contributed by atoms with E-state index in [2.05, 4.69) is 12.2 Å². The first-order valence-corrected chi connectivity index (χ1v) is 7.65. The molecule has 1 aromatic carbocycles. The first kappa shape index (κ1) is 14.8. The Bertz CT molecular complexity index is 638. The summed E-state index contributed by atoms with van der Waals surface area (Å²) in [7, 11) is 0. The van der Waals surface area contributed by atoms with Crippen molar-refractivity contribution in [3.63, 3.8) is 0 Å². The van der Waals surface area contributed by atoms with Crippen molar-refractivity contribution in [2.24, 2.45) is 11.8 Å². The second-order valence-corrected chi connectivity index (χ2v) is 6.22. The van der Waals surface area contributed by atoms with E-state index in [9.17, 15) is 14.4 Å². The smallest absolute Gasteiger partial charge is 0.262 e. The van der Waals surface area contributed by atoms with Crippen molar-refractivity contribution >= 4 is 23.2 Å². The summed E-state index contributed by atoms with van der Waals surface area (Å²) in [5.74, 6) is 0.799. The second kappa shape index (κ2) is 5.91. The molecule has 2 atom stereocenters. The average Bonchev–Trinajstić information content (AvgIpc) is 2.50. The lowest BCUT2D eigenvalue weighted by Gasteiger charge is -2.25. The first-order chi connectivity index (χ1) is 10.5. The number of nitrogens with one attached hydrogen (secondary N) is 1. The van der Waals surface area contributed by atoms with Crippen LogP contribution in [0.15, 0.2) is 18.2 Å². The number of rotatable bonds is 3. The molecule has 0 aromatic heterocycles. The SMILES string of the molecule is CC1CCC(=O)C(CC(=O)c2ccc3c(c2)NC(=O)CO3)C1. The highest BCUT2D eigenvalue weighted by Crippen LogP contribution is 2.32. The van der Waals surface area contributed by atoms with E-state index in [1.807, 2.05) is 0 Å². The summed E-state index contributed by atoms with van der Waals surface area (Å²) in [6.45, 7) is 2.12. The van der Waals surface area contributed by atoms with Crippen LogP contribution >= 0.6 is 0 Å². The van der Waals surface area contributed by atoms with Crippen LogP contribution < -0.4 is 10.1 Å². The van der Waals surface area contributed by atoms with Gasteiger partial charge in [-0.15, -0.1) is 0 Å². The summed E-state index contributed by atoms with van der Waals surface area (Å²) in [6, 6.07) is 5.01. The van der Waals surface area contributed by atoms with Crippen LogP contribution in [0.1, 0.15) is 43.0 Å². The summed E-state index contributed by atoms with van der Waals surface area (Å²) in [6.07, 6.45) is 2.53. The molecule has 5 heteroatoms. The molecule has 0 saturated heterocycles. The van der Waals surface area contributed by atoms with Gasteiger partial charge in [-0.1, -0.05) is 6.92 Å². The minimum absolute atomic E-state index is 0.00520. The number of amides is 1. The highest BCUT2D eigenvalue weighted by molar-refractivity contribution is 6.02. The zero-order chi connectivity index (χ0) is 15.7. The molecular formula is C17H19NO4. The number of benzene rings is 1. The topological polar surface area (TPSA) is 72.5 Å². The number of hydrogen-bond donors (Lipinski definition) is 1. The molecule has 3 rings (SSSR count). The Kier molecular flexibility index (Phi) is 3.96. The summed E-state index contributed by atoms with van der Waals surface area (Å²) in [5, 5.41) is 2.69. The number of hydrogen-bond acceptors (Lipinski definition) is 4. The zero-order valence-corrected chi connectivity index (χ0v) is 12.6. The number of carbonyl (C=O) groups excluding carboxylic acids is 3. The number of ether oxygens (including phenoxy) is 1. The Morgan fingerprint density at radius 1 is 1.36 bits per heavy atom. The molecule has 0 radical (unpaired) electrons. The maximum absolute atomic E-state index is 12.4. The lowest BCUT2D eigenvalue weighted by atomic mass is 9.78. The molecule has 1 aromatic rings. The van der Waals surface area contributed by atoms with Crippen molar-refractivity contribution in [3.8, 4) is 5.75 Å². The van der Waals surface area contributed by atoms with Crippen molar-refractivity contribution in [2.45, 2.75) is 32.6 Å². The number of anilines is 1. The van der Waals surface area contributed by atoms with Gasteiger partial charge in [0.2, 0.25) is 0 Å². The van der Waals surface area contributed by atoms with Gasteiger partial charge in [0.1, 0.15) is 11.5 Å². The van der Waals surface area contributed by atoms with E-state index < -0.39 is 0 Å². The molecule has 1 aliphatic carbocycles. The molecule has 5 nitrogen and oxygen atoms in total. The third-order valence-corrected chi connectivity index (χ3v) is 4.39. The lowest BCUT2D eigenvalue weighted by Crippen LogP contribution is -2.27. The molecule has 1 saturated carbocycles. The Balaban J connectivity index is 1.73. The quantitative estimate of drug-likeness (QED) is 0.871. The summed E-state index contributed by atoms with van der Waals surface area (Å²) < 4.78 is 5.27. The minimum atomic E-state index is -0.228. The first-order valence-electron chi connectivity index (χ1n) is 7.65. The van der Waals surface area contributed by atoms with Gasteiger partial charge < -0.3 is 10.1 Å². The highest BCUT2D eigenvalue weighted by Gasteiger charge is 2.29. The molecule has 1 aliphatic heterocycles. The van der Waals surface area contributed by atoms with Gasteiger partial charge in [0.15, 0.2) is 12.4 Å². The lowest BCUT2D eigenvalue weighted by molar-refractivity contribution is -0.125. The van der Waals surface area contributed by atoms with E-state index in [-0.39, 0.29) is 36.4 Å². The van der Waals surface area contributed by atoms with Crippen LogP contribution in [0.25, 0.3) is 0 Å². The largest absolute Gasteiger partial charge is 0.482 e. The van der Waals surface area contributed by atoms with Crippen LogP contribution in [0.4, 0.5) is 5.69 Å². The Hall–Kier alpha value is -2.17. The zero-order valence-electron chi connectivity index (χ0n) is 12.6. The molecule has 0 spiro atoms. The van der Waals surface area contributed by atoms with E-state index in [1.165, 1.54) is 0 Å². The van der Waals surface area contributed by atoms with Crippen LogP contribution in [0.5, 0.6) is 5.75 Å².